The van der Waals surface area contributed by atoms with Gasteiger partial charge in [0, 0.05) is 32.2 Å². The van der Waals surface area contributed by atoms with E-state index in [2.05, 4.69) is 10.6 Å². The summed E-state index contributed by atoms with van der Waals surface area (Å²) in [4.78, 5) is 12.2. The number of nitrogens with one attached hydrogen (secondary N) is 2. The number of ether oxygens (including phenoxy) is 1. The van der Waals surface area contributed by atoms with Crippen LogP contribution < -0.4 is 15.4 Å². The summed E-state index contributed by atoms with van der Waals surface area (Å²) in [6.07, 6.45) is 2.44. The summed E-state index contributed by atoms with van der Waals surface area (Å²) in [6, 6.07) is 4.86. The lowest BCUT2D eigenvalue weighted by molar-refractivity contribution is -0.116. The first-order valence-electron chi connectivity index (χ1n) is 8.07. The lowest BCUT2D eigenvalue weighted by Crippen LogP contribution is -2.27. The zero-order valence-electron chi connectivity index (χ0n) is 14.7. The predicted molar refractivity (Wildman–Crippen MR) is 100 cm³/mol. The van der Waals surface area contributed by atoms with E-state index < -0.39 is 10.0 Å². The number of carbonyl (C=O) groups excluding carboxylic acids is 1. The first-order valence-corrected chi connectivity index (χ1v) is 9.51. The molecule has 9 heteroatoms. The van der Waals surface area contributed by atoms with Gasteiger partial charge < -0.3 is 15.4 Å². The van der Waals surface area contributed by atoms with Crippen LogP contribution in [0.15, 0.2) is 23.1 Å². The van der Waals surface area contributed by atoms with Crippen molar-refractivity contribution < 1.29 is 17.9 Å². The van der Waals surface area contributed by atoms with Crippen molar-refractivity contribution in [1.82, 2.24) is 9.62 Å². The van der Waals surface area contributed by atoms with Crippen molar-refractivity contribution in [1.29, 1.82) is 0 Å². The fraction of sp³-hybridized carbons (Fsp3) is 0.562. The number of benzene rings is 1. The summed E-state index contributed by atoms with van der Waals surface area (Å²) in [5, 5.41) is 6.04. The summed E-state index contributed by atoms with van der Waals surface area (Å²) >= 11 is 0. The van der Waals surface area contributed by atoms with Gasteiger partial charge in [0.05, 0.1) is 6.61 Å². The van der Waals surface area contributed by atoms with Crippen molar-refractivity contribution in [2.24, 2.45) is 0 Å². The maximum Gasteiger partial charge on any atom is 0.246 e. The highest BCUT2D eigenvalue weighted by atomic mass is 35.5. The van der Waals surface area contributed by atoms with Gasteiger partial charge in [-0.05, 0) is 44.5 Å². The van der Waals surface area contributed by atoms with E-state index in [-0.39, 0.29) is 35.0 Å². The van der Waals surface area contributed by atoms with Gasteiger partial charge in [0.25, 0.3) is 0 Å². The van der Waals surface area contributed by atoms with Crippen LogP contribution in [-0.2, 0) is 14.8 Å². The van der Waals surface area contributed by atoms with Gasteiger partial charge in [0.15, 0.2) is 0 Å². The van der Waals surface area contributed by atoms with Crippen molar-refractivity contribution in [3.05, 3.63) is 18.2 Å². The molecule has 1 aromatic carbocycles. The second-order valence-corrected chi connectivity index (χ2v) is 8.05. The van der Waals surface area contributed by atoms with Crippen molar-refractivity contribution in [2.45, 2.75) is 37.1 Å². The Hall–Kier alpha value is -1.35. The van der Waals surface area contributed by atoms with E-state index in [0.29, 0.717) is 18.7 Å². The number of hydrogen-bond donors (Lipinski definition) is 2. The summed E-state index contributed by atoms with van der Waals surface area (Å²) in [5.41, 5.74) is 0.446. The Kier molecular flexibility index (Phi) is 8.14. The van der Waals surface area contributed by atoms with Gasteiger partial charge in [0.1, 0.15) is 10.6 Å². The smallest absolute Gasteiger partial charge is 0.246 e. The Labute approximate surface area is 155 Å². The minimum absolute atomic E-state index is 0. The van der Waals surface area contributed by atoms with Gasteiger partial charge in [-0.15, -0.1) is 12.4 Å². The van der Waals surface area contributed by atoms with Crippen LogP contribution in [0, 0.1) is 0 Å². The number of halogens is 1. The molecular formula is C16H26ClN3O4S. The molecule has 1 atom stereocenters. The Morgan fingerprint density at radius 3 is 2.68 bits per heavy atom. The molecule has 7 nitrogen and oxygen atoms in total. The molecule has 0 radical (unpaired) electrons. The van der Waals surface area contributed by atoms with E-state index >= 15 is 0 Å². The van der Waals surface area contributed by atoms with Gasteiger partial charge in [0.2, 0.25) is 15.9 Å². The number of anilines is 1. The normalized spacial score (nSPS) is 17.2. The molecule has 0 aromatic heterocycles. The van der Waals surface area contributed by atoms with Crippen LogP contribution in [0.4, 0.5) is 5.69 Å². The van der Waals surface area contributed by atoms with E-state index in [0.717, 1.165) is 23.7 Å². The van der Waals surface area contributed by atoms with Crippen LogP contribution in [0.25, 0.3) is 0 Å². The summed E-state index contributed by atoms with van der Waals surface area (Å²) in [6.45, 7) is 3.08. The Morgan fingerprint density at radius 2 is 2.12 bits per heavy atom. The van der Waals surface area contributed by atoms with Gasteiger partial charge in [-0.1, -0.05) is 0 Å². The zero-order chi connectivity index (χ0) is 17.7. The molecule has 0 saturated carbocycles. The molecule has 1 saturated heterocycles. The molecule has 0 bridgehead atoms. The first kappa shape index (κ1) is 21.7. The van der Waals surface area contributed by atoms with Gasteiger partial charge in [-0.3, -0.25) is 4.79 Å². The third kappa shape index (κ3) is 5.57. The molecule has 25 heavy (non-hydrogen) atoms. The van der Waals surface area contributed by atoms with E-state index in [4.69, 9.17) is 4.74 Å². The summed E-state index contributed by atoms with van der Waals surface area (Å²) in [5.74, 6) is 0.147. The molecule has 1 aliphatic rings. The third-order valence-electron chi connectivity index (χ3n) is 3.88. The van der Waals surface area contributed by atoms with Crippen molar-refractivity contribution in [3.8, 4) is 5.75 Å². The largest absolute Gasteiger partial charge is 0.492 e. The first-order chi connectivity index (χ1) is 11.3. The highest BCUT2D eigenvalue weighted by molar-refractivity contribution is 7.89. The van der Waals surface area contributed by atoms with E-state index in [1.165, 1.54) is 20.2 Å². The van der Waals surface area contributed by atoms with Gasteiger partial charge >= 0.3 is 0 Å². The van der Waals surface area contributed by atoms with Gasteiger partial charge in [-0.2, -0.15) is 0 Å². The minimum atomic E-state index is -3.67. The predicted octanol–water partition coefficient (Wildman–Crippen LogP) is 1.84. The SMILES string of the molecule is CCOc1ccc(NC(=O)CC2CCCN2)cc1S(=O)(=O)N(C)C.Cl. The molecule has 1 heterocycles. The Morgan fingerprint density at radius 1 is 1.40 bits per heavy atom. The fourth-order valence-electron chi connectivity index (χ4n) is 2.63. The lowest BCUT2D eigenvalue weighted by atomic mass is 10.1. The maximum absolute atomic E-state index is 12.5. The molecule has 1 unspecified atom stereocenters. The van der Waals surface area contributed by atoms with Crippen LogP contribution in [-0.4, -0.2) is 51.9 Å². The summed E-state index contributed by atoms with van der Waals surface area (Å²) in [7, 11) is -0.745. The fourth-order valence-corrected chi connectivity index (χ4v) is 3.68. The van der Waals surface area contributed by atoms with Crippen LogP contribution in [0.1, 0.15) is 26.2 Å². The zero-order valence-corrected chi connectivity index (χ0v) is 16.4. The summed E-state index contributed by atoms with van der Waals surface area (Å²) < 4.78 is 31.5. The van der Waals surface area contributed by atoms with Crippen molar-refractivity contribution >= 4 is 34.0 Å². The van der Waals surface area contributed by atoms with E-state index in [9.17, 15) is 13.2 Å². The molecule has 2 rings (SSSR count). The monoisotopic (exact) mass is 391 g/mol. The molecule has 0 spiro atoms. The molecular weight excluding hydrogens is 366 g/mol. The minimum Gasteiger partial charge on any atom is -0.492 e. The number of sulfonamides is 1. The lowest BCUT2D eigenvalue weighted by Gasteiger charge is -2.17. The average molecular weight is 392 g/mol. The van der Waals surface area contributed by atoms with E-state index in [1.54, 1.807) is 19.1 Å². The number of nitrogens with zero attached hydrogens (tertiary/aromatic N) is 1. The van der Waals surface area contributed by atoms with Crippen molar-refractivity contribution in [3.63, 3.8) is 0 Å². The van der Waals surface area contributed by atoms with Crippen LogP contribution in [0.5, 0.6) is 5.75 Å². The molecule has 2 N–H and O–H groups in total. The quantitative estimate of drug-likeness (QED) is 0.740. The average Bonchev–Trinajstić information content (AvgIpc) is 3.01. The Bertz CT molecular complexity index is 689. The second kappa shape index (κ2) is 9.38. The molecule has 1 amide bonds. The second-order valence-electron chi connectivity index (χ2n) is 5.93. The van der Waals surface area contributed by atoms with Crippen LogP contribution in [0.2, 0.25) is 0 Å². The third-order valence-corrected chi connectivity index (χ3v) is 5.72. The van der Waals surface area contributed by atoms with Crippen molar-refractivity contribution in [2.75, 3.05) is 32.6 Å². The van der Waals surface area contributed by atoms with Crippen LogP contribution >= 0.6 is 12.4 Å². The van der Waals surface area contributed by atoms with Gasteiger partial charge in [-0.25, -0.2) is 12.7 Å². The number of hydrogen-bond acceptors (Lipinski definition) is 5. The Balaban J connectivity index is 0.00000312. The number of amides is 1. The van der Waals surface area contributed by atoms with Crippen LogP contribution in [0.3, 0.4) is 0 Å². The highest BCUT2D eigenvalue weighted by Crippen LogP contribution is 2.29. The molecule has 1 aromatic rings. The maximum atomic E-state index is 12.5. The number of carbonyl (C=O) groups is 1. The highest BCUT2D eigenvalue weighted by Gasteiger charge is 2.24. The number of rotatable bonds is 7. The molecule has 0 aliphatic carbocycles. The van der Waals surface area contributed by atoms with E-state index in [1.807, 2.05) is 0 Å². The molecule has 142 valence electrons. The molecule has 1 aliphatic heterocycles. The standard InChI is InChI=1S/C16H25N3O4S.ClH/c1-4-23-14-8-7-13(10-15(14)24(21,22)19(2)3)18-16(20)11-12-6-5-9-17-12;/h7-8,10,12,17H,4-6,9,11H2,1-3H3,(H,18,20);1H. The molecule has 1 fully saturated rings. The topological polar surface area (TPSA) is 87.7 Å².